The zero-order valence-electron chi connectivity index (χ0n) is 13.0. The highest BCUT2D eigenvalue weighted by Gasteiger charge is 2.27. The minimum atomic E-state index is -2.85. The summed E-state index contributed by atoms with van der Waals surface area (Å²) in [7, 11) is -2.85. The van der Waals surface area contributed by atoms with Crippen molar-refractivity contribution in [3.05, 3.63) is 0 Å². The second kappa shape index (κ2) is 6.90. The van der Waals surface area contributed by atoms with Gasteiger partial charge in [-0.25, -0.2) is 8.42 Å². The second-order valence-corrected chi connectivity index (χ2v) is 9.12. The van der Waals surface area contributed by atoms with E-state index in [-0.39, 0.29) is 16.7 Å². The summed E-state index contributed by atoms with van der Waals surface area (Å²) in [6, 6.07) is 0. The van der Waals surface area contributed by atoms with Crippen LogP contribution in [0.2, 0.25) is 0 Å². The first kappa shape index (κ1) is 17.9. The van der Waals surface area contributed by atoms with Crippen LogP contribution in [0.1, 0.15) is 60.8 Å². The second-order valence-electron chi connectivity index (χ2n) is 6.65. The maximum absolute atomic E-state index is 11.6. The summed E-state index contributed by atoms with van der Waals surface area (Å²) < 4.78 is 23.3. The highest BCUT2D eigenvalue weighted by atomic mass is 32.2. The van der Waals surface area contributed by atoms with E-state index in [2.05, 4.69) is 39.9 Å². The summed E-state index contributed by atoms with van der Waals surface area (Å²) in [6.07, 6.45) is 2.91. The number of rotatable bonds is 8. The largest absolute Gasteiger partial charge is 0.312 e. The first-order valence-corrected chi connectivity index (χ1v) is 8.81. The minimum absolute atomic E-state index is 0.0737. The van der Waals surface area contributed by atoms with E-state index < -0.39 is 9.84 Å². The first-order chi connectivity index (χ1) is 8.04. The smallest absolute Gasteiger partial charge is 0.150 e. The molecule has 0 aliphatic carbocycles. The fraction of sp³-hybridized carbons (Fsp3) is 1.00. The van der Waals surface area contributed by atoms with Gasteiger partial charge in [-0.15, -0.1) is 0 Å². The average molecular weight is 277 g/mol. The van der Waals surface area contributed by atoms with E-state index in [0.29, 0.717) is 5.75 Å². The van der Waals surface area contributed by atoms with Gasteiger partial charge in [-0.2, -0.15) is 0 Å². The molecule has 1 N–H and O–H groups in total. The van der Waals surface area contributed by atoms with Crippen molar-refractivity contribution in [2.75, 3.05) is 18.1 Å². The van der Waals surface area contributed by atoms with Crippen molar-refractivity contribution in [1.29, 1.82) is 0 Å². The molecule has 0 aliphatic rings. The average Bonchev–Trinajstić information content (AvgIpc) is 2.24. The Balaban J connectivity index is 4.52. The van der Waals surface area contributed by atoms with Gasteiger partial charge >= 0.3 is 0 Å². The van der Waals surface area contributed by atoms with Crippen molar-refractivity contribution < 1.29 is 8.42 Å². The third-order valence-electron chi connectivity index (χ3n) is 3.36. The van der Waals surface area contributed by atoms with E-state index in [9.17, 15) is 8.42 Å². The van der Waals surface area contributed by atoms with Gasteiger partial charge in [-0.05, 0) is 39.0 Å². The molecule has 0 saturated carbocycles. The number of sulfone groups is 1. The first-order valence-electron chi connectivity index (χ1n) is 6.99. The van der Waals surface area contributed by atoms with Gasteiger partial charge in [0.2, 0.25) is 0 Å². The molecular formula is C14H31NO2S. The molecule has 0 heterocycles. The normalized spacial score (nSPS) is 16.6. The summed E-state index contributed by atoms with van der Waals surface area (Å²) in [5, 5.41) is 3.51. The zero-order valence-corrected chi connectivity index (χ0v) is 13.8. The van der Waals surface area contributed by atoms with Crippen molar-refractivity contribution in [1.82, 2.24) is 5.32 Å². The molecule has 0 aromatic carbocycles. The van der Waals surface area contributed by atoms with E-state index >= 15 is 0 Å². The van der Waals surface area contributed by atoms with Crippen molar-refractivity contribution >= 4 is 9.84 Å². The Bertz CT molecular complexity index is 330. The third-order valence-corrected chi connectivity index (χ3v) is 5.06. The molecule has 0 aromatic rings. The van der Waals surface area contributed by atoms with E-state index in [1.807, 2.05) is 0 Å². The van der Waals surface area contributed by atoms with Gasteiger partial charge in [0.1, 0.15) is 9.84 Å². The van der Waals surface area contributed by atoms with Crippen LogP contribution in [0.4, 0.5) is 0 Å². The van der Waals surface area contributed by atoms with Gasteiger partial charge in [0.15, 0.2) is 0 Å². The predicted octanol–water partition coefficient (Wildman–Crippen LogP) is 3.01. The summed E-state index contributed by atoms with van der Waals surface area (Å²) in [5.74, 6) is 0.563. The van der Waals surface area contributed by atoms with Crippen molar-refractivity contribution in [2.24, 2.45) is 5.41 Å². The molecule has 1 unspecified atom stereocenters. The van der Waals surface area contributed by atoms with Crippen LogP contribution in [0.15, 0.2) is 0 Å². The van der Waals surface area contributed by atoms with E-state index in [0.717, 1.165) is 25.8 Å². The Kier molecular flexibility index (Phi) is 6.86. The summed E-state index contributed by atoms with van der Waals surface area (Å²) in [5.41, 5.74) is 0.156. The van der Waals surface area contributed by atoms with E-state index in [4.69, 9.17) is 0 Å². The van der Waals surface area contributed by atoms with Crippen LogP contribution in [0.5, 0.6) is 0 Å². The maximum atomic E-state index is 11.6. The highest BCUT2D eigenvalue weighted by molar-refractivity contribution is 7.91. The molecule has 4 heteroatoms. The molecule has 0 amide bonds. The van der Waals surface area contributed by atoms with E-state index in [1.54, 1.807) is 6.92 Å². The lowest BCUT2D eigenvalue weighted by atomic mass is 9.82. The Hall–Kier alpha value is -0.0900. The lowest BCUT2D eigenvalue weighted by Crippen LogP contribution is -2.43. The quantitative estimate of drug-likeness (QED) is 0.742. The summed E-state index contributed by atoms with van der Waals surface area (Å²) in [4.78, 5) is 0. The molecule has 0 saturated heterocycles. The fourth-order valence-corrected chi connectivity index (χ4v) is 3.02. The zero-order chi connectivity index (χ0) is 14.4. The monoisotopic (exact) mass is 277 g/mol. The molecular weight excluding hydrogens is 246 g/mol. The highest BCUT2D eigenvalue weighted by Crippen LogP contribution is 2.28. The molecule has 18 heavy (non-hydrogen) atoms. The molecule has 0 radical (unpaired) electrons. The molecule has 0 aromatic heterocycles. The Morgan fingerprint density at radius 2 is 1.56 bits per heavy atom. The Labute approximate surface area is 114 Å². The van der Waals surface area contributed by atoms with Crippen LogP contribution < -0.4 is 5.32 Å². The molecule has 0 bridgehead atoms. The number of hydrogen-bond acceptors (Lipinski definition) is 3. The van der Waals surface area contributed by atoms with Crippen LogP contribution in [-0.2, 0) is 9.84 Å². The third kappa shape index (κ3) is 8.09. The SMILES string of the molecule is CCCC(C)(CCS(=O)(=O)CC)CNC(C)(C)C. The van der Waals surface area contributed by atoms with Crippen LogP contribution >= 0.6 is 0 Å². The van der Waals surface area contributed by atoms with Crippen LogP contribution in [-0.4, -0.2) is 32.0 Å². The van der Waals surface area contributed by atoms with Gasteiger partial charge in [0, 0.05) is 17.8 Å². The molecule has 0 fully saturated rings. The van der Waals surface area contributed by atoms with Crippen LogP contribution in [0, 0.1) is 5.41 Å². The lowest BCUT2D eigenvalue weighted by Gasteiger charge is -2.33. The Morgan fingerprint density at radius 3 is 1.94 bits per heavy atom. The molecule has 0 spiro atoms. The number of hydrogen-bond donors (Lipinski definition) is 1. The molecule has 110 valence electrons. The lowest BCUT2D eigenvalue weighted by molar-refractivity contribution is 0.238. The van der Waals surface area contributed by atoms with Gasteiger partial charge in [0.25, 0.3) is 0 Å². The topological polar surface area (TPSA) is 46.2 Å². The minimum Gasteiger partial charge on any atom is -0.312 e. The summed E-state index contributed by atoms with van der Waals surface area (Å²) in [6.45, 7) is 13.4. The van der Waals surface area contributed by atoms with E-state index in [1.165, 1.54) is 0 Å². The van der Waals surface area contributed by atoms with Gasteiger partial charge in [-0.3, -0.25) is 0 Å². The number of nitrogens with one attached hydrogen (secondary N) is 1. The van der Waals surface area contributed by atoms with Crippen LogP contribution in [0.25, 0.3) is 0 Å². The van der Waals surface area contributed by atoms with Crippen molar-refractivity contribution in [3.8, 4) is 0 Å². The maximum Gasteiger partial charge on any atom is 0.150 e. The summed E-state index contributed by atoms with van der Waals surface area (Å²) >= 11 is 0. The van der Waals surface area contributed by atoms with Gasteiger partial charge < -0.3 is 5.32 Å². The van der Waals surface area contributed by atoms with Crippen molar-refractivity contribution in [2.45, 2.75) is 66.3 Å². The standard InChI is InChI=1S/C14H31NO2S/c1-7-9-14(6,12-15-13(3,4)5)10-11-18(16,17)8-2/h15H,7-12H2,1-6H3. The van der Waals surface area contributed by atoms with Gasteiger partial charge in [-0.1, -0.05) is 27.2 Å². The molecule has 1 atom stereocenters. The van der Waals surface area contributed by atoms with Gasteiger partial charge in [0.05, 0.1) is 5.75 Å². The predicted molar refractivity (Wildman–Crippen MR) is 79.7 cm³/mol. The fourth-order valence-electron chi connectivity index (χ4n) is 1.93. The van der Waals surface area contributed by atoms with Crippen LogP contribution in [0.3, 0.4) is 0 Å². The Morgan fingerprint density at radius 1 is 1.00 bits per heavy atom. The molecule has 0 rings (SSSR count). The van der Waals surface area contributed by atoms with Crippen molar-refractivity contribution in [3.63, 3.8) is 0 Å². The molecule has 0 aliphatic heterocycles. The molecule has 3 nitrogen and oxygen atoms in total.